The van der Waals surface area contributed by atoms with Crippen molar-refractivity contribution in [2.75, 3.05) is 37.2 Å². The molecule has 2 aromatic heterocycles. The summed E-state index contributed by atoms with van der Waals surface area (Å²) in [6, 6.07) is 13.8. The minimum Gasteiger partial charge on any atom is -0.354 e. The van der Waals surface area contributed by atoms with Gasteiger partial charge in [-0.25, -0.2) is 27.8 Å². The third-order valence-corrected chi connectivity index (χ3v) is 8.34. The van der Waals surface area contributed by atoms with Crippen LogP contribution in [0.15, 0.2) is 65.7 Å². The normalized spacial score (nSPS) is 11.8. The third-order valence-electron chi connectivity index (χ3n) is 5.59. The Morgan fingerprint density at radius 3 is 2.58 bits per heavy atom. The smallest absolute Gasteiger partial charge is 0.261 e. The summed E-state index contributed by atoms with van der Waals surface area (Å²) in [5.74, 6) is 0.127. The lowest BCUT2D eigenvalue weighted by atomic mass is 10.1. The van der Waals surface area contributed by atoms with Gasteiger partial charge in [0.25, 0.3) is 10.0 Å². The minimum absolute atomic E-state index is 0.147. The van der Waals surface area contributed by atoms with Crippen LogP contribution in [-0.2, 0) is 10.0 Å². The summed E-state index contributed by atoms with van der Waals surface area (Å²) in [4.78, 5) is 16.8. The Balaban J connectivity index is 1.65. The van der Waals surface area contributed by atoms with Gasteiger partial charge < -0.3 is 10.2 Å². The van der Waals surface area contributed by atoms with Gasteiger partial charge in [0.2, 0.25) is 5.95 Å². The predicted octanol–water partition coefficient (Wildman–Crippen LogP) is 5.69. The first-order valence-electron chi connectivity index (χ1n) is 12.2. The van der Waals surface area contributed by atoms with Crippen molar-refractivity contribution in [3.05, 3.63) is 71.6 Å². The number of benzene rings is 2. The van der Waals surface area contributed by atoms with Gasteiger partial charge >= 0.3 is 0 Å². The van der Waals surface area contributed by atoms with Crippen LogP contribution in [0.4, 0.5) is 16.0 Å². The second-order valence-electron chi connectivity index (χ2n) is 9.38. The molecule has 0 saturated heterocycles. The number of thiazole rings is 1. The Labute approximate surface area is 227 Å². The standard InChI is InChI=1S/C27H31FN6O2S2/c1-18(2)26-32-24(25(37-26)23-12-14-30-27(31-23)29-13-7-15-34(3)4)19-8-5-10-21(16-19)33-38(35,36)22-11-6-9-20(28)17-22/h5-6,8-12,14,16-18,33H,7,13,15H2,1-4H3,(H,29,30,31). The molecule has 0 unspecified atom stereocenters. The Hall–Kier alpha value is -3.41. The predicted molar refractivity (Wildman–Crippen MR) is 152 cm³/mol. The average Bonchev–Trinajstić information content (AvgIpc) is 3.33. The van der Waals surface area contributed by atoms with Gasteiger partial charge in [0, 0.05) is 29.9 Å². The van der Waals surface area contributed by atoms with E-state index in [-0.39, 0.29) is 10.8 Å². The van der Waals surface area contributed by atoms with Crippen LogP contribution < -0.4 is 10.0 Å². The van der Waals surface area contributed by atoms with Gasteiger partial charge in [0.05, 0.1) is 26.2 Å². The Bertz CT molecular complexity index is 1500. The monoisotopic (exact) mass is 554 g/mol. The zero-order valence-electron chi connectivity index (χ0n) is 21.8. The molecule has 0 atom stereocenters. The van der Waals surface area contributed by atoms with Crippen LogP contribution in [-0.4, -0.2) is 55.5 Å². The van der Waals surface area contributed by atoms with Crippen LogP contribution >= 0.6 is 11.3 Å². The number of anilines is 2. The molecule has 2 N–H and O–H groups in total. The fourth-order valence-electron chi connectivity index (χ4n) is 3.70. The SMILES string of the molecule is CC(C)c1nc(-c2cccc(NS(=O)(=O)c3cccc(F)c3)c2)c(-c2ccnc(NCCCN(C)C)n2)s1. The van der Waals surface area contributed by atoms with Gasteiger partial charge in [-0.2, -0.15) is 0 Å². The summed E-state index contributed by atoms with van der Waals surface area (Å²) in [6.45, 7) is 5.87. The lowest BCUT2D eigenvalue weighted by molar-refractivity contribution is 0.405. The molecule has 0 aliphatic heterocycles. The van der Waals surface area contributed by atoms with Crippen molar-refractivity contribution in [1.82, 2.24) is 19.9 Å². The Morgan fingerprint density at radius 1 is 1.05 bits per heavy atom. The first-order chi connectivity index (χ1) is 18.1. The summed E-state index contributed by atoms with van der Waals surface area (Å²) in [7, 11) is 0.109. The molecule has 0 amide bonds. The molecule has 0 spiro atoms. The maximum Gasteiger partial charge on any atom is 0.261 e. The van der Waals surface area contributed by atoms with Crippen molar-refractivity contribution in [1.29, 1.82) is 0 Å². The van der Waals surface area contributed by atoms with E-state index in [4.69, 9.17) is 9.97 Å². The molecule has 2 aromatic carbocycles. The average molecular weight is 555 g/mol. The number of nitrogens with one attached hydrogen (secondary N) is 2. The first kappa shape index (κ1) is 27.6. The first-order valence-corrected chi connectivity index (χ1v) is 14.5. The van der Waals surface area contributed by atoms with Crippen molar-refractivity contribution < 1.29 is 12.8 Å². The second kappa shape index (κ2) is 12.0. The summed E-state index contributed by atoms with van der Waals surface area (Å²) in [6.07, 6.45) is 2.68. The van der Waals surface area contributed by atoms with Gasteiger partial charge in [0.15, 0.2) is 0 Å². The van der Waals surface area contributed by atoms with E-state index >= 15 is 0 Å². The van der Waals surface area contributed by atoms with Gasteiger partial charge in [-0.1, -0.05) is 32.0 Å². The summed E-state index contributed by atoms with van der Waals surface area (Å²) < 4.78 is 41.9. The molecule has 0 aliphatic carbocycles. The lowest BCUT2D eigenvalue weighted by Gasteiger charge is -2.11. The van der Waals surface area contributed by atoms with Gasteiger partial charge in [-0.3, -0.25) is 4.72 Å². The van der Waals surface area contributed by atoms with E-state index in [1.54, 1.807) is 35.7 Å². The molecule has 4 rings (SSSR count). The summed E-state index contributed by atoms with van der Waals surface area (Å²) >= 11 is 1.56. The maximum absolute atomic E-state index is 13.6. The summed E-state index contributed by atoms with van der Waals surface area (Å²) in [5.41, 5.74) is 2.53. The molecule has 0 saturated carbocycles. The van der Waals surface area contributed by atoms with E-state index in [2.05, 4.69) is 33.8 Å². The van der Waals surface area contributed by atoms with Crippen molar-refractivity contribution in [2.45, 2.75) is 31.1 Å². The Morgan fingerprint density at radius 2 is 1.84 bits per heavy atom. The van der Waals surface area contributed by atoms with Crippen molar-refractivity contribution in [3.63, 3.8) is 0 Å². The van der Waals surface area contributed by atoms with Gasteiger partial charge in [0.1, 0.15) is 5.82 Å². The highest BCUT2D eigenvalue weighted by atomic mass is 32.2. The molecule has 4 aromatic rings. The van der Waals surface area contributed by atoms with Crippen LogP contribution in [0.3, 0.4) is 0 Å². The molecule has 11 heteroatoms. The molecule has 200 valence electrons. The summed E-state index contributed by atoms with van der Waals surface area (Å²) in [5, 5.41) is 4.23. The lowest BCUT2D eigenvalue weighted by Crippen LogP contribution is -2.17. The minimum atomic E-state index is -3.97. The van der Waals surface area contributed by atoms with E-state index < -0.39 is 15.8 Å². The zero-order valence-corrected chi connectivity index (χ0v) is 23.4. The highest BCUT2D eigenvalue weighted by Crippen LogP contribution is 2.39. The van der Waals surface area contributed by atoms with Crippen molar-refractivity contribution in [2.24, 2.45) is 0 Å². The molecule has 0 aliphatic rings. The van der Waals surface area contributed by atoms with E-state index in [9.17, 15) is 12.8 Å². The van der Waals surface area contributed by atoms with Gasteiger partial charge in [-0.05, 0) is 63.5 Å². The number of halogens is 1. The molecule has 38 heavy (non-hydrogen) atoms. The number of hydrogen-bond acceptors (Lipinski definition) is 8. The van der Waals surface area contributed by atoms with Crippen LogP contribution in [0.5, 0.6) is 0 Å². The van der Waals surface area contributed by atoms with Crippen LogP contribution in [0.1, 0.15) is 31.2 Å². The number of sulfonamides is 1. The number of rotatable bonds is 11. The number of nitrogens with zero attached hydrogens (tertiary/aromatic N) is 4. The van der Waals surface area contributed by atoms with Crippen LogP contribution in [0.2, 0.25) is 0 Å². The number of aromatic nitrogens is 3. The maximum atomic E-state index is 13.6. The quantitative estimate of drug-likeness (QED) is 0.230. The molecule has 0 radical (unpaired) electrons. The van der Waals surface area contributed by atoms with E-state index in [0.717, 1.165) is 46.7 Å². The topological polar surface area (TPSA) is 100 Å². The largest absolute Gasteiger partial charge is 0.354 e. The Kier molecular flexibility index (Phi) is 8.70. The van der Waals surface area contributed by atoms with Crippen LogP contribution in [0, 0.1) is 5.82 Å². The van der Waals surface area contributed by atoms with Gasteiger partial charge in [-0.15, -0.1) is 11.3 Å². The van der Waals surface area contributed by atoms with E-state index in [0.29, 0.717) is 17.3 Å². The second-order valence-corrected chi connectivity index (χ2v) is 12.1. The van der Waals surface area contributed by atoms with Crippen molar-refractivity contribution in [3.8, 4) is 21.8 Å². The van der Waals surface area contributed by atoms with Crippen molar-refractivity contribution >= 4 is 33.0 Å². The highest BCUT2D eigenvalue weighted by molar-refractivity contribution is 7.92. The highest BCUT2D eigenvalue weighted by Gasteiger charge is 2.20. The fraction of sp³-hybridized carbons (Fsp3) is 0.296. The molecule has 8 nitrogen and oxygen atoms in total. The zero-order chi connectivity index (χ0) is 27.3. The molecule has 0 bridgehead atoms. The molecular formula is C27H31FN6O2S2. The fourth-order valence-corrected chi connectivity index (χ4v) is 5.84. The molecule has 2 heterocycles. The van der Waals surface area contributed by atoms with Crippen LogP contribution in [0.25, 0.3) is 21.8 Å². The number of hydrogen-bond donors (Lipinski definition) is 2. The molecular weight excluding hydrogens is 523 g/mol. The van der Waals surface area contributed by atoms with E-state index in [1.165, 1.54) is 18.2 Å². The van der Waals surface area contributed by atoms with E-state index in [1.807, 2.05) is 26.2 Å². The third kappa shape index (κ3) is 6.91. The molecule has 0 fully saturated rings.